The highest BCUT2D eigenvalue weighted by molar-refractivity contribution is 7.91. The molecule has 2 heterocycles. The standard InChI is InChI=1S/C20H31N3O3S/c1-3-23(19-10-13-27(25,26)15-19)20(24)14-21-17-4-6-18(7-5-17)22-11-8-16(2)9-12-22/h4-7,16,19,21H,3,8-15H2,1-2H3. The van der Waals surface area contributed by atoms with Crippen molar-refractivity contribution in [3.63, 3.8) is 0 Å². The molecule has 6 nitrogen and oxygen atoms in total. The summed E-state index contributed by atoms with van der Waals surface area (Å²) in [5.41, 5.74) is 2.14. The summed E-state index contributed by atoms with van der Waals surface area (Å²) in [6.07, 6.45) is 3.02. The maximum atomic E-state index is 12.6. The van der Waals surface area contributed by atoms with E-state index >= 15 is 0 Å². The van der Waals surface area contributed by atoms with Gasteiger partial charge in [0.05, 0.1) is 18.1 Å². The lowest BCUT2D eigenvalue weighted by molar-refractivity contribution is -0.130. The SMILES string of the molecule is CCN(C(=O)CNc1ccc(N2CCC(C)CC2)cc1)C1CCS(=O)(=O)C1. The Bertz CT molecular complexity index is 740. The number of carbonyl (C=O) groups is 1. The first-order valence-corrected chi connectivity index (χ1v) is 11.8. The monoisotopic (exact) mass is 393 g/mol. The molecule has 2 aliphatic heterocycles. The van der Waals surface area contributed by atoms with E-state index in [2.05, 4.69) is 29.3 Å². The normalized spacial score (nSPS) is 22.6. The molecule has 0 aromatic heterocycles. The van der Waals surface area contributed by atoms with Gasteiger partial charge in [-0.3, -0.25) is 4.79 Å². The molecule has 0 bridgehead atoms. The zero-order valence-electron chi connectivity index (χ0n) is 16.4. The van der Waals surface area contributed by atoms with Crippen LogP contribution in [0.5, 0.6) is 0 Å². The van der Waals surface area contributed by atoms with Gasteiger partial charge in [0.25, 0.3) is 0 Å². The first-order valence-electron chi connectivity index (χ1n) is 9.96. The maximum absolute atomic E-state index is 12.6. The summed E-state index contributed by atoms with van der Waals surface area (Å²) in [4.78, 5) is 16.7. The van der Waals surface area contributed by atoms with Crippen LogP contribution in [0, 0.1) is 5.92 Å². The van der Waals surface area contributed by atoms with E-state index in [4.69, 9.17) is 0 Å². The molecule has 1 unspecified atom stereocenters. The van der Waals surface area contributed by atoms with Crippen LogP contribution in [0.2, 0.25) is 0 Å². The number of carbonyl (C=O) groups excluding carboxylic acids is 1. The third kappa shape index (κ3) is 5.15. The highest BCUT2D eigenvalue weighted by atomic mass is 32.2. The molecule has 0 aliphatic carbocycles. The summed E-state index contributed by atoms with van der Waals surface area (Å²) in [6.45, 7) is 7.13. The molecule has 1 aromatic rings. The van der Waals surface area contributed by atoms with Gasteiger partial charge in [0.1, 0.15) is 0 Å². The summed E-state index contributed by atoms with van der Waals surface area (Å²) in [5.74, 6) is 1.04. The van der Waals surface area contributed by atoms with E-state index in [-0.39, 0.29) is 30.0 Å². The molecule has 0 saturated carbocycles. The van der Waals surface area contributed by atoms with Crippen LogP contribution in [0.1, 0.15) is 33.1 Å². The summed E-state index contributed by atoms with van der Waals surface area (Å²) >= 11 is 0. The Morgan fingerprint density at radius 2 is 1.85 bits per heavy atom. The Morgan fingerprint density at radius 3 is 2.41 bits per heavy atom. The molecule has 1 amide bonds. The zero-order valence-corrected chi connectivity index (χ0v) is 17.2. The van der Waals surface area contributed by atoms with E-state index in [1.54, 1.807) is 4.90 Å². The van der Waals surface area contributed by atoms with Gasteiger partial charge in [0.15, 0.2) is 9.84 Å². The van der Waals surface area contributed by atoms with Crippen molar-refractivity contribution in [3.05, 3.63) is 24.3 Å². The van der Waals surface area contributed by atoms with Crippen LogP contribution in [0.3, 0.4) is 0 Å². The van der Waals surface area contributed by atoms with Crippen LogP contribution in [0.15, 0.2) is 24.3 Å². The smallest absolute Gasteiger partial charge is 0.242 e. The maximum Gasteiger partial charge on any atom is 0.242 e. The molecular weight excluding hydrogens is 362 g/mol. The second-order valence-corrected chi connectivity index (χ2v) is 10.0. The molecule has 2 aliphatic rings. The number of amides is 1. The van der Waals surface area contributed by atoms with Gasteiger partial charge in [0.2, 0.25) is 5.91 Å². The molecule has 27 heavy (non-hydrogen) atoms. The predicted molar refractivity (Wildman–Crippen MR) is 110 cm³/mol. The summed E-state index contributed by atoms with van der Waals surface area (Å²) in [7, 11) is -2.99. The minimum Gasteiger partial charge on any atom is -0.376 e. The molecule has 3 rings (SSSR count). The van der Waals surface area contributed by atoms with Crippen molar-refractivity contribution in [2.45, 2.75) is 39.2 Å². The second kappa shape index (κ2) is 8.50. The van der Waals surface area contributed by atoms with E-state index in [9.17, 15) is 13.2 Å². The summed E-state index contributed by atoms with van der Waals surface area (Å²) in [5, 5.41) is 3.18. The Labute approximate surface area is 162 Å². The van der Waals surface area contributed by atoms with Crippen LogP contribution in [-0.4, -0.2) is 63.0 Å². The highest BCUT2D eigenvalue weighted by Gasteiger charge is 2.33. The predicted octanol–water partition coefficient (Wildman–Crippen LogP) is 2.37. The van der Waals surface area contributed by atoms with Crippen LogP contribution in [0.25, 0.3) is 0 Å². The van der Waals surface area contributed by atoms with E-state index in [1.807, 2.05) is 19.1 Å². The fourth-order valence-electron chi connectivity index (χ4n) is 4.00. The Hall–Kier alpha value is -1.76. The third-order valence-corrected chi connectivity index (χ3v) is 7.52. The summed E-state index contributed by atoms with van der Waals surface area (Å²) < 4.78 is 23.4. The minimum absolute atomic E-state index is 0.0475. The van der Waals surface area contributed by atoms with Crippen LogP contribution in [-0.2, 0) is 14.6 Å². The Morgan fingerprint density at radius 1 is 1.19 bits per heavy atom. The average molecular weight is 394 g/mol. The molecule has 0 spiro atoms. The number of hydrogen-bond donors (Lipinski definition) is 1. The van der Waals surface area contributed by atoms with Crippen molar-refractivity contribution in [3.8, 4) is 0 Å². The number of sulfone groups is 1. The van der Waals surface area contributed by atoms with Gasteiger partial charge in [-0.25, -0.2) is 8.42 Å². The quantitative estimate of drug-likeness (QED) is 0.804. The Balaban J connectivity index is 1.52. The van der Waals surface area contributed by atoms with Crippen molar-refractivity contribution < 1.29 is 13.2 Å². The molecule has 7 heteroatoms. The van der Waals surface area contributed by atoms with Gasteiger partial charge >= 0.3 is 0 Å². The fraction of sp³-hybridized carbons (Fsp3) is 0.650. The molecule has 1 atom stereocenters. The molecule has 1 aromatic carbocycles. The highest BCUT2D eigenvalue weighted by Crippen LogP contribution is 2.24. The lowest BCUT2D eigenvalue weighted by atomic mass is 9.99. The summed E-state index contributed by atoms with van der Waals surface area (Å²) in [6, 6.07) is 8.04. The lowest BCUT2D eigenvalue weighted by Gasteiger charge is -2.32. The third-order valence-electron chi connectivity index (χ3n) is 5.77. The first-order chi connectivity index (χ1) is 12.9. The van der Waals surface area contributed by atoms with Crippen LogP contribution < -0.4 is 10.2 Å². The lowest BCUT2D eigenvalue weighted by Crippen LogP contribution is -2.43. The minimum atomic E-state index is -2.99. The number of piperidine rings is 1. The molecule has 1 N–H and O–H groups in total. The molecule has 2 saturated heterocycles. The molecule has 150 valence electrons. The second-order valence-electron chi connectivity index (χ2n) is 7.81. The Kier molecular flexibility index (Phi) is 6.29. The van der Waals surface area contributed by atoms with Gasteiger partial charge in [-0.05, 0) is 56.4 Å². The van der Waals surface area contributed by atoms with Crippen LogP contribution >= 0.6 is 0 Å². The number of hydrogen-bond acceptors (Lipinski definition) is 5. The van der Waals surface area contributed by atoms with Gasteiger partial charge in [0, 0.05) is 37.1 Å². The van der Waals surface area contributed by atoms with Gasteiger partial charge in [-0.1, -0.05) is 6.92 Å². The average Bonchev–Trinajstić information content (AvgIpc) is 3.01. The van der Waals surface area contributed by atoms with E-state index in [0.29, 0.717) is 13.0 Å². The molecule has 0 radical (unpaired) electrons. The van der Waals surface area contributed by atoms with Crippen molar-refractivity contribution in [2.75, 3.05) is 47.9 Å². The fourth-order valence-corrected chi connectivity index (χ4v) is 5.73. The van der Waals surface area contributed by atoms with E-state index in [1.165, 1.54) is 18.5 Å². The van der Waals surface area contributed by atoms with Crippen molar-refractivity contribution in [2.24, 2.45) is 5.92 Å². The topological polar surface area (TPSA) is 69.7 Å². The molecular formula is C20H31N3O3S. The number of anilines is 2. The van der Waals surface area contributed by atoms with Crippen LogP contribution in [0.4, 0.5) is 11.4 Å². The van der Waals surface area contributed by atoms with Gasteiger partial charge < -0.3 is 15.1 Å². The van der Waals surface area contributed by atoms with Crippen molar-refractivity contribution in [1.29, 1.82) is 0 Å². The molecule has 2 fully saturated rings. The number of benzene rings is 1. The van der Waals surface area contributed by atoms with Gasteiger partial charge in [-0.2, -0.15) is 0 Å². The largest absolute Gasteiger partial charge is 0.376 e. The number of likely N-dealkylation sites (N-methyl/N-ethyl adjacent to an activating group) is 1. The van der Waals surface area contributed by atoms with Crippen molar-refractivity contribution >= 4 is 27.1 Å². The first kappa shape index (κ1) is 20.0. The van der Waals surface area contributed by atoms with Crippen molar-refractivity contribution in [1.82, 2.24) is 4.90 Å². The number of rotatable bonds is 6. The van der Waals surface area contributed by atoms with E-state index < -0.39 is 9.84 Å². The van der Waals surface area contributed by atoms with Gasteiger partial charge in [-0.15, -0.1) is 0 Å². The number of nitrogens with zero attached hydrogens (tertiary/aromatic N) is 2. The zero-order chi connectivity index (χ0) is 19.4. The number of nitrogens with one attached hydrogen (secondary N) is 1. The van der Waals surface area contributed by atoms with E-state index in [0.717, 1.165) is 24.7 Å².